The van der Waals surface area contributed by atoms with Crippen LogP contribution in [0.5, 0.6) is 0 Å². The zero-order chi connectivity index (χ0) is 18.9. The molecule has 1 aliphatic heterocycles. The topological polar surface area (TPSA) is 59.5 Å². The number of anilines is 1. The second kappa shape index (κ2) is 6.88. The molecule has 1 aliphatic rings. The Balaban J connectivity index is 2.16. The van der Waals surface area contributed by atoms with E-state index in [0.717, 1.165) is 18.5 Å². The van der Waals surface area contributed by atoms with E-state index in [9.17, 15) is 21.6 Å². The van der Waals surface area contributed by atoms with Gasteiger partial charge < -0.3 is 9.64 Å². The number of aromatic nitrogens is 1. The van der Waals surface area contributed by atoms with Crippen LogP contribution < -0.4 is 4.90 Å². The highest BCUT2D eigenvalue weighted by Gasteiger charge is 2.36. The zero-order valence-corrected chi connectivity index (χ0v) is 14.8. The fourth-order valence-electron chi connectivity index (χ4n) is 2.86. The van der Waals surface area contributed by atoms with Crippen LogP contribution in [0.3, 0.4) is 0 Å². The monoisotopic (exact) mass is 386 g/mol. The van der Waals surface area contributed by atoms with Crippen molar-refractivity contribution >= 4 is 15.7 Å². The highest BCUT2D eigenvalue weighted by Crippen LogP contribution is 2.41. The molecule has 0 N–H and O–H groups in total. The van der Waals surface area contributed by atoms with E-state index in [1.165, 1.54) is 24.3 Å². The van der Waals surface area contributed by atoms with Crippen molar-refractivity contribution < 1.29 is 26.3 Å². The van der Waals surface area contributed by atoms with Crippen molar-refractivity contribution in [2.24, 2.45) is 0 Å². The van der Waals surface area contributed by atoms with Crippen LogP contribution in [-0.2, 0) is 20.8 Å². The molecule has 9 heteroatoms. The first-order valence-corrected chi connectivity index (χ1v) is 9.76. The molecule has 0 saturated carbocycles. The third-order valence-electron chi connectivity index (χ3n) is 4.12. The lowest BCUT2D eigenvalue weighted by Gasteiger charge is -2.30. The minimum atomic E-state index is -4.56. The van der Waals surface area contributed by atoms with Crippen LogP contribution in [0.15, 0.2) is 41.4 Å². The smallest absolute Gasteiger partial charge is 0.378 e. The molecule has 3 rings (SSSR count). The third-order valence-corrected chi connectivity index (χ3v) is 5.25. The molecular formula is C17H17F3N2O3S. The molecule has 0 aliphatic carbocycles. The van der Waals surface area contributed by atoms with E-state index < -0.39 is 21.6 Å². The van der Waals surface area contributed by atoms with E-state index in [1.54, 1.807) is 4.90 Å². The van der Waals surface area contributed by atoms with Crippen molar-refractivity contribution in [1.82, 2.24) is 4.98 Å². The summed E-state index contributed by atoms with van der Waals surface area (Å²) in [7, 11) is -3.44. The first-order chi connectivity index (χ1) is 12.2. The van der Waals surface area contributed by atoms with Crippen LogP contribution in [0.2, 0.25) is 0 Å². The maximum absolute atomic E-state index is 13.6. The number of hydrogen-bond donors (Lipinski definition) is 0. The van der Waals surface area contributed by atoms with Gasteiger partial charge in [-0.25, -0.2) is 13.4 Å². The number of hydrogen-bond acceptors (Lipinski definition) is 5. The number of halogens is 3. The Morgan fingerprint density at radius 2 is 1.69 bits per heavy atom. The molecular weight excluding hydrogens is 369 g/mol. The van der Waals surface area contributed by atoms with Gasteiger partial charge >= 0.3 is 6.18 Å². The lowest BCUT2D eigenvalue weighted by atomic mass is 9.99. The molecule has 2 heterocycles. The van der Waals surface area contributed by atoms with Gasteiger partial charge in [0.25, 0.3) is 0 Å². The molecule has 1 saturated heterocycles. The first kappa shape index (κ1) is 18.7. The Morgan fingerprint density at radius 3 is 2.23 bits per heavy atom. The predicted molar refractivity (Wildman–Crippen MR) is 90.8 cm³/mol. The van der Waals surface area contributed by atoms with Crippen molar-refractivity contribution in [1.29, 1.82) is 0 Å². The van der Waals surface area contributed by atoms with Crippen molar-refractivity contribution in [3.63, 3.8) is 0 Å². The average Bonchev–Trinajstić information content (AvgIpc) is 2.60. The van der Waals surface area contributed by atoms with Crippen LogP contribution in [-0.4, -0.2) is 46.0 Å². The maximum Gasteiger partial charge on any atom is 0.417 e. The van der Waals surface area contributed by atoms with Gasteiger partial charge in [-0.05, 0) is 23.8 Å². The third kappa shape index (κ3) is 3.83. The van der Waals surface area contributed by atoms with Crippen LogP contribution >= 0.6 is 0 Å². The summed E-state index contributed by atoms with van der Waals surface area (Å²) in [4.78, 5) is 5.97. The predicted octanol–water partition coefficient (Wildman–Crippen LogP) is 3.01. The quantitative estimate of drug-likeness (QED) is 0.812. The van der Waals surface area contributed by atoms with E-state index in [-0.39, 0.29) is 21.8 Å². The number of benzene rings is 1. The van der Waals surface area contributed by atoms with Crippen molar-refractivity contribution in [3.05, 3.63) is 42.1 Å². The first-order valence-electron chi connectivity index (χ1n) is 7.87. The van der Waals surface area contributed by atoms with Crippen molar-refractivity contribution in [3.8, 4) is 11.1 Å². The lowest BCUT2D eigenvalue weighted by Crippen LogP contribution is -2.37. The SMILES string of the molecule is CS(=O)(=O)c1ccc(-c2c(C(F)(F)F)ccnc2N2CCOCC2)cc1. The highest BCUT2D eigenvalue weighted by molar-refractivity contribution is 7.90. The van der Waals surface area contributed by atoms with Gasteiger partial charge in [-0.1, -0.05) is 12.1 Å². The molecule has 0 atom stereocenters. The summed E-state index contributed by atoms with van der Waals surface area (Å²) in [6.07, 6.45) is -2.37. The maximum atomic E-state index is 13.6. The van der Waals surface area contributed by atoms with E-state index in [0.29, 0.717) is 26.3 Å². The summed E-state index contributed by atoms with van der Waals surface area (Å²) in [5, 5.41) is 0. The van der Waals surface area contributed by atoms with Gasteiger partial charge in [0.1, 0.15) is 5.82 Å². The van der Waals surface area contributed by atoms with Gasteiger partial charge in [-0.15, -0.1) is 0 Å². The molecule has 1 fully saturated rings. The fraction of sp³-hybridized carbons (Fsp3) is 0.353. The number of rotatable bonds is 3. The summed E-state index contributed by atoms with van der Waals surface area (Å²) in [6, 6.07) is 6.31. The van der Waals surface area contributed by atoms with Crippen LogP contribution in [0.1, 0.15) is 5.56 Å². The number of nitrogens with zero attached hydrogens (tertiary/aromatic N) is 2. The molecule has 0 bridgehead atoms. The summed E-state index contributed by atoms with van der Waals surface area (Å²) in [5.41, 5.74) is -0.595. The molecule has 0 spiro atoms. The van der Waals surface area contributed by atoms with E-state index >= 15 is 0 Å². The molecule has 2 aromatic rings. The number of morpholine rings is 1. The molecule has 0 unspecified atom stereocenters. The Morgan fingerprint density at radius 1 is 1.08 bits per heavy atom. The largest absolute Gasteiger partial charge is 0.417 e. The average molecular weight is 386 g/mol. The number of sulfone groups is 1. The van der Waals surface area contributed by atoms with E-state index in [2.05, 4.69) is 4.98 Å². The van der Waals surface area contributed by atoms with E-state index in [4.69, 9.17) is 4.74 Å². The molecule has 0 radical (unpaired) electrons. The summed E-state index contributed by atoms with van der Waals surface area (Å²) in [6.45, 7) is 1.68. The van der Waals surface area contributed by atoms with Gasteiger partial charge in [-0.3, -0.25) is 0 Å². The Hall–Kier alpha value is -2.13. The van der Waals surface area contributed by atoms with E-state index in [1.807, 2.05) is 0 Å². The zero-order valence-electron chi connectivity index (χ0n) is 14.0. The van der Waals surface area contributed by atoms with Gasteiger partial charge in [0.15, 0.2) is 9.84 Å². The Bertz CT molecular complexity index is 890. The van der Waals surface area contributed by atoms with Crippen LogP contribution in [0.4, 0.5) is 19.0 Å². The molecule has 1 aromatic carbocycles. The Labute approximate surface area is 149 Å². The van der Waals surface area contributed by atoms with Crippen LogP contribution in [0.25, 0.3) is 11.1 Å². The van der Waals surface area contributed by atoms with Gasteiger partial charge in [0, 0.05) is 31.1 Å². The van der Waals surface area contributed by atoms with Gasteiger partial charge in [-0.2, -0.15) is 13.2 Å². The van der Waals surface area contributed by atoms with Gasteiger partial charge in [0.05, 0.1) is 23.7 Å². The number of pyridine rings is 1. The number of ether oxygens (including phenoxy) is 1. The normalized spacial score (nSPS) is 15.9. The van der Waals surface area contributed by atoms with Crippen molar-refractivity contribution in [2.45, 2.75) is 11.1 Å². The minimum absolute atomic E-state index is 0.0478. The van der Waals surface area contributed by atoms with Crippen molar-refractivity contribution in [2.75, 3.05) is 37.5 Å². The lowest BCUT2D eigenvalue weighted by molar-refractivity contribution is -0.137. The fourth-order valence-corrected chi connectivity index (χ4v) is 3.49. The standard InChI is InChI=1S/C17H17F3N2O3S/c1-26(23,24)13-4-2-12(3-5-13)15-14(17(18,19)20)6-7-21-16(15)22-8-10-25-11-9-22/h2-7H,8-11H2,1H3. The molecule has 26 heavy (non-hydrogen) atoms. The molecule has 0 amide bonds. The number of alkyl halides is 3. The second-order valence-corrected chi connectivity index (χ2v) is 7.97. The molecule has 1 aromatic heterocycles. The summed E-state index contributed by atoms with van der Waals surface area (Å²) < 4.78 is 69.2. The highest BCUT2D eigenvalue weighted by atomic mass is 32.2. The molecule has 5 nitrogen and oxygen atoms in total. The Kier molecular flexibility index (Phi) is 4.94. The molecule has 140 valence electrons. The summed E-state index contributed by atoms with van der Waals surface area (Å²) in [5.74, 6) is 0.218. The summed E-state index contributed by atoms with van der Waals surface area (Å²) >= 11 is 0. The van der Waals surface area contributed by atoms with Gasteiger partial charge in [0.2, 0.25) is 0 Å². The van der Waals surface area contributed by atoms with Crippen LogP contribution in [0, 0.1) is 0 Å². The second-order valence-electron chi connectivity index (χ2n) is 5.95. The minimum Gasteiger partial charge on any atom is -0.378 e.